The largest absolute Gasteiger partial charge is 0.359 e. The van der Waals surface area contributed by atoms with Gasteiger partial charge in [-0.1, -0.05) is 15.9 Å². The van der Waals surface area contributed by atoms with E-state index in [4.69, 9.17) is 0 Å². The standard InChI is InChI=1S/C10H14BrN3/c1-14(6-5-11)10-8-3-2-4-9(8)12-7-13-10/h7H,2-6H2,1H3. The van der Waals surface area contributed by atoms with Crippen molar-refractivity contribution in [2.45, 2.75) is 19.3 Å². The zero-order chi connectivity index (χ0) is 9.97. The van der Waals surface area contributed by atoms with Gasteiger partial charge in [-0.2, -0.15) is 0 Å². The molecule has 1 heterocycles. The summed E-state index contributed by atoms with van der Waals surface area (Å²) >= 11 is 3.44. The summed E-state index contributed by atoms with van der Waals surface area (Å²) < 4.78 is 0. The number of alkyl halides is 1. The molecule has 1 aromatic rings. The Bertz CT molecular complexity index is 327. The van der Waals surface area contributed by atoms with E-state index in [2.05, 4.69) is 37.8 Å². The number of rotatable bonds is 3. The lowest BCUT2D eigenvalue weighted by Crippen LogP contribution is -2.22. The van der Waals surface area contributed by atoms with E-state index in [1.807, 2.05) is 0 Å². The van der Waals surface area contributed by atoms with Gasteiger partial charge in [0.15, 0.2) is 0 Å². The van der Waals surface area contributed by atoms with Gasteiger partial charge < -0.3 is 4.90 Å². The van der Waals surface area contributed by atoms with Gasteiger partial charge in [-0.3, -0.25) is 0 Å². The van der Waals surface area contributed by atoms with Gasteiger partial charge in [0.2, 0.25) is 0 Å². The first kappa shape index (κ1) is 9.90. The Balaban J connectivity index is 2.29. The number of hydrogen-bond donors (Lipinski definition) is 0. The van der Waals surface area contributed by atoms with Crippen LogP contribution in [0.15, 0.2) is 6.33 Å². The minimum absolute atomic E-state index is 0.974. The second-order valence-electron chi connectivity index (χ2n) is 3.59. The summed E-state index contributed by atoms with van der Waals surface area (Å²) in [5.41, 5.74) is 2.60. The van der Waals surface area contributed by atoms with E-state index in [0.717, 1.165) is 30.5 Å². The highest BCUT2D eigenvalue weighted by Gasteiger charge is 2.18. The summed E-state index contributed by atoms with van der Waals surface area (Å²) in [4.78, 5) is 10.9. The molecule has 0 radical (unpaired) electrons. The summed E-state index contributed by atoms with van der Waals surface area (Å²) in [6.45, 7) is 0.990. The van der Waals surface area contributed by atoms with Crippen molar-refractivity contribution in [1.82, 2.24) is 9.97 Å². The van der Waals surface area contributed by atoms with Crippen molar-refractivity contribution in [3.8, 4) is 0 Å². The highest BCUT2D eigenvalue weighted by molar-refractivity contribution is 9.09. The molecule has 0 atom stereocenters. The van der Waals surface area contributed by atoms with Crippen LogP contribution in [0, 0.1) is 0 Å². The first-order valence-electron chi connectivity index (χ1n) is 4.93. The second kappa shape index (κ2) is 4.26. The van der Waals surface area contributed by atoms with E-state index in [-0.39, 0.29) is 0 Å². The smallest absolute Gasteiger partial charge is 0.135 e. The quantitative estimate of drug-likeness (QED) is 0.772. The van der Waals surface area contributed by atoms with Gasteiger partial charge in [0.1, 0.15) is 12.1 Å². The van der Waals surface area contributed by atoms with Crippen LogP contribution in [0.2, 0.25) is 0 Å². The van der Waals surface area contributed by atoms with Crippen molar-refractivity contribution < 1.29 is 0 Å². The average Bonchev–Trinajstić information content (AvgIpc) is 2.65. The van der Waals surface area contributed by atoms with Crippen molar-refractivity contribution in [2.75, 3.05) is 23.8 Å². The van der Waals surface area contributed by atoms with E-state index < -0.39 is 0 Å². The van der Waals surface area contributed by atoms with Crippen LogP contribution >= 0.6 is 15.9 Å². The molecule has 0 spiro atoms. The van der Waals surface area contributed by atoms with Gasteiger partial charge in [0.05, 0.1) is 0 Å². The van der Waals surface area contributed by atoms with Crippen molar-refractivity contribution in [2.24, 2.45) is 0 Å². The van der Waals surface area contributed by atoms with Gasteiger partial charge >= 0.3 is 0 Å². The molecule has 4 heteroatoms. The SMILES string of the molecule is CN(CCBr)c1ncnc2c1CCC2. The summed E-state index contributed by atoms with van der Waals surface area (Å²) in [5.74, 6) is 1.12. The predicted molar refractivity (Wildman–Crippen MR) is 61.1 cm³/mol. The van der Waals surface area contributed by atoms with Crippen LogP contribution in [0.25, 0.3) is 0 Å². The van der Waals surface area contributed by atoms with Crippen LogP contribution in [0.4, 0.5) is 5.82 Å². The fourth-order valence-electron chi connectivity index (χ4n) is 1.90. The van der Waals surface area contributed by atoms with E-state index in [9.17, 15) is 0 Å². The van der Waals surface area contributed by atoms with E-state index in [1.165, 1.54) is 17.7 Å². The second-order valence-corrected chi connectivity index (χ2v) is 4.38. The van der Waals surface area contributed by atoms with E-state index in [0.29, 0.717) is 0 Å². The molecule has 1 aliphatic carbocycles. The van der Waals surface area contributed by atoms with Crippen LogP contribution in [-0.4, -0.2) is 28.9 Å². The Labute approximate surface area is 92.7 Å². The highest BCUT2D eigenvalue weighted by atomic mass is 79.9. The lowest BCUT2D eigenvalue weighted by molar-refractivity contribution is 0.894. The number of fused-ring (bicyclic) bond motifs is 1. The molecule has 0 saturated heterocycles. The topological polar surface area (TPSA) is 29.0 Å². The number of halogens is 1. The molecule has 0 aromatic carbocycles. The number of aryl methyl sites for hydroxylation is 1. The van der Waals surface area contributed by atoms with Crippen molar-refractivity contribution in [3.05, 3.63) is 17.6 Å². The Kier molecular flexibility index (Phi) is 3.01. The normalized spacial score (nSPS) is 14.1. The number of anilines is 1. The van der Waals surface area contributed by atoms with Gasteiger partial charge in [0.25, 0.3) is 0 Å². The molecule has 1 aliphatic rings. The fourth-order valence-corrected chi connectivity index (χ4v) is 2.44. The molecule has 0 saturated carbocycles. The first-order valence-corrected chi connectivity index (χ1v) is 6.05. The molecule has 0 unspecified atom stereocenters. The highest BCUT2D eigenvalue weighted by Crippen LogP contribution is 2.26. The molecule has 0 aliphatic heterocycles. The maximum atomic E-state index is 4.36. The Morgan fingerprint density at radius 2 is 2.29 bits per heavy atom. The van der Waals surface area contributed by atoms with Crippen LogP contribution in [-0.2, 0) is 12.8 Å². The first-order chi connectivity index (χ1) is 6.83. The molecule has 1 aromatic heterocycles. The monoisotopic (exact) mass is 255 g/mol. The Morgan fingerprint density at radius 1 is 1.43 bits per heavy atom. The zero-order valence-electron chi connectivity index (χ0n) is 8.33. The van der Waals surface area contributed by atoms with Crippen LogP contribution in [0.1, 0.15) is 17.7 Å². The van der Waals surface area contributed by atoms with Gasteiger partial charge in [-0.25, -0.2) is 9.97 Å². The maximum Gasteiger partial charge on any atom is 0.135 e. The third-order valence-electron chi connectivity index (χ3n) is 2.63. The predicted octanol–water partition coefficient (Wildman–Crippen LogP) is 1.80. The lowest BCUT2D eigenvalue weighted by atomic mass is 10.2. The van der Waals surface area contributed by atoms with Crippen molar-refractivity contribution >= 4 is 21.7 Å². The molecular formula is C10H14BrN3. The molecule has 0 N–H and O–H groups in total. The number of aromatic nitrogens is 2. The molecule has 0 fully saturated rings. The third kappa shape index (κ3) is 1.75. The summed E-state index contributed by atoms with van der Waals surface area (Å²) in [6.07, 6.45) is 5.17. The number of nitrogens with zero attached hydrogens (tertiary/aromatic N) is 3. The lowest BCUT2D eigenvalue weighted by Gasteiger charge is -2.19. The molecule has 0 bridgehead atoms. The summed E-state index contributed by atoms with van der Waals surface area (Å²) in [5, 5.41) is 0.974. The summed E-state index contributed by atoms with van der Waals surface area (Å²) in [6, 6.07) is 0. The molecular weight excluding hydrogens is 242 g/mol. The fraction of sp³-hybridized carbons (Fsp3) is 0.600. The molecule has 14 heavy (non-hydrogen) atoms. The molecule has 76 valence electrons. The molecule has 3 nitrogen and oxygen atoms in total. The van der Waals surface area contributed by atoms with E-state index in [1.54, 1.807) is 6.33 Å². The van der Waals surface area contributed by atoms with Crippen molar-refractivity contribution in [3.63, 3.8) is 0 Å². The van der Waals surface area contributed by atoms with Gasteiger partial charge in [0, 0.05) is 30.2 Å². The maximum absolute atomic E-state index is 4.36. The van der Waals surface area contributed by atoms with Crippen LogP contribution in [0.5, 0.6) is 0 Å². The van der Waals surface area contributed by atoms with Gasteiger partial charge in [-0.15, -0.1) is 0 Å². The molecule has 2 rings (SSSR count). The van der Waals surface area contributed by atoms with Crippen LogP contribution < -0.4 is 4.90 Å². The van der Waals surface area contributed by atoms with Crippen molar-refractivity contribution in [1.29, 1.82) is 0 Å². The minimum atomic E-state index is 0.974. The Morgan fingerprint density at radius 3 is 3.07 bits per heavy atom. The average molecular weight is 256 g/mol. The zero-order valence-corrected chi connectivity index (χ0v) is 9.92. The number of hydrogen-bond acceptors (Lipinski definition) is 3. The Hall–Kier alpha value is -0.640. The third-order valence-corrected chi connectivity index (χ3v) is 2.99. The van der Waals surface area contributed by atoms with Crippen LogP contribution in [0.3, 0.4) is 0 Å². The molecule has 0 amide bonds. The van der Waals surface area contributed by atoms with Gasteiger partial charge in [-0.05, 0) is 19.3 Å². The minimum Gasteiger partial charge on any atom is -0.359 e. The van der Waals surface area contributed by atoms with E-state index >= 15 is 0 Å². The summed E-state index contributed by atoms with van der Waals surface area (Å²) in [7, 11) is 2.09.